The topological polar surface area (TPSA) is 55.4 Å². The van der Waals surface area contributed by atoms with Gasteiger partial charge in [-0.25, -0.2) is 0 Å². The largest absolute Gasteiger partial charge is 0.469 e. The van der Waals surface area contributed by atoms with Gasteiger partial charge in [-0.3, -0.25) is 9.59 Å². The highest BCUT2D eigenvalue weighted by Gasteiger charge is 2.06. The van der Waals surface area contributed by atoms with Gasteiger partial charge in [-0.05, 0) is 17.7 Å². The maximum absolute atomic E-state index is 11.5. The van der Waals surface area contributed by atoms with Gasteiger partial charge in [0.05, 0.1) is 30.0 Å². The number of halogens is 2. The van der Waals surface area contributed by atoms with E-state index in [0.29, 0.717) is 10.0 Å². The van der Waals surface area contributed by atoms with Gasteiger partial charge in [-0.2, -0.15) is 0 Å². The van der Waals surface area contributed by atoms with Gasteiger partial charge in [0, 0.05) is 6.54 Å². The summed E-state index contributed by atoms with van der Waals surface area (Å²) >= 11 is 11.6. The van der Waals surface area contributed by atoms with Crippen LogP contribution in [0.25, 0.3) is 0 Å². The molecule has 1 N–H and O–H groups in total. The van der Waals surface area contributed by atoms with Gasteiger partial charge in [-0.15, -0.1) is 0 Å². The number of amides is 1. The molecule has 4 nitrogen and oxygen atoms in total. The molecular formula is C12H13Cl2NO3. The second-order valence-corrected chi connectivity index (χ2v) is 4.42. The number of esters is 1. The molecule has 0 radical (unpaired) electrons. The number of methoxy groups -OCH3 is 1. The zero-order valence-corrected chi connectivity index (χ0v) is 11.3. The molecule has 0 aliphatic carbocycles. The molecule has 98 valence electrons. The number of carbonyl (C=O) groups is 2. The number of rotatable bonds is 5. The first-order chi connectivity index (χ1) is 8.52. The highest BCUT2D eigenvalue weighted by atomic mass is 35.5. The van der Waals surface area contributed by atoms with Gasteiger partial charge in [0.2, 0.25) is 5.91 Å². The van der Waals surface area contributed by atoms with Crippen molar-refractivity contribution in [1.29, 1.82) is 0 Å². The third kappa shape index (κ3) is 4.94. The molecule has 0 aromatic heterocycles. The molecule has 0 unspecified atom stereocenters. The molecule has 0 atom stereocenters. The van der Waals surface area contributed by atoms with Crippen molar-refractivity contribution in [3.05, 3.63) is 33.8 Å². The molecule has 0 saturated heterocycles. The minimum absolute atomic E-state index is 0.156. The summed E-state index contributed by atoms with van der Waals surface area (Å²) < 4.78 is 4.46. The summed E-state index contributed by atoms with van der Waals surface area (Å²) in [5.74, 6) is -0.540. The molecule has 0 fully saturated rings. The van der Waals surface area contributed by atoms with Crippen molar-refractivity contribution in [2.24, 2.45) is 0 Å². The van der Waals surface area contributed by atoms with E-state index in [1.165, 1.54) is 7.11 Å². The van der Waals surface area contributed by atoms with Gasteiger partial charge < -0.3 is 10.1 Å². The molecule has 18 heavy (non-hydrogen) atoms. The van der Waals surface area contributed by atoms with Crippen molar-refractivity contribution in [2.75, 3.05) is 13.7 Å². The molecule has 0 bridgehead atoms. The third-order valence-corrected chi connectivity index (χ3v) is 2.97. The lowest BCUT2D eigenvalue weighted by Crippen LogP contribution is -2.27. The molecule has 0 aliphatic rings. The first kappa shape index (κ1) is 14.8. The number of nitrogens with one attached hydrogen (secondary N) is 1. The third-order valence-electron chi connectivity index (χ3n) is 2.23. The van der Waals surface area contributed by atoms with Crippen LogP contribution in [-0.2, 0) is 20.7 Å². The monoisotopic (exact) mass is 289 g/mol. The molecule has 6 heteroatoms. The van der Waals surface area contributed by atoms with Gasteiger partial charge in [0.25, 0.3) is 0 Å². The molecule has 0 saturated carbocycles. The first-order valence-corrected chi connectivity index (χ1v) is 6.06. The van der Waals surface area contributed by atoms with Gasteiger partial charge in [0.1, 0.15) is 0 Å². The van der Waals surface area contributed by atoms with E-state index < -0.39 is 0 Å². The summed E-state index contributed by atoms with van der Waals surface area (Å²) in [5.41, 5.74) is 0.764. The fourth-order valence-electron chi connectivity index (χ4n) is 1.30. The predicted molar refractivity (Wildman–Crippen MR) is 69.8 cm³/mol. The molecule has 0 heterocycles. The Morgan fingerprint density at radius 1 is 1.28 bits per heavy atom. The van der Waals surface area contributed by atoms with Crippen molar-refractivity contribution < 1.29 is 14.3 Å². The smallest absolute Gasteiger partial charge is 0.307 e. The van der Waals surface area contributed by atoms with Crippen LogP contribution in [0.3, 0.4) is 0 Å². The molecule has 1 aromatic carbocycles. The van der Waals surface area contributed by atoms with E-state index in [-0.39, 0.29) is 31.3 Å². The average Bonchev–Trinajstić information content (AvgIpc) is 2.33. The van der Waals surface area contributed by atoms with Crippen LogP contribution in [0.4, 0.5) is 0 Å². The van der Waals surface area contributed by atoms with E-state index in [1.54, 1.807) is 18.2 Å². The van der Waals surface area contributed by atoms with Crippen LogP contribution in [0.15, 0.2) is 18.2 Å². The standard InChI is InChI=1S/C12H13Cl2NO3/c1-18-12(17)4-5-15-11(16)7-8-2-3-9(13)10(14)6-8/h2-3,6H,4-5,7H2,1H3,(H,15,16). The Labute approximate surface area is 115 Å². The van der Waals surface area contributed by atoms with Crippen LogP contribution in [0.2, 0.25) is 10.0 Å². The van der Waals surface area contributed by atoms with E-state index >= 15 is 0 Å². The van der Waals surface area contributed by atoms with Crippen LogP contribution in [-0.4, -0.2) is 25.5 Å². The van der Waals surface area contributed by atoms with Gasteiger partial charge in [-0.1, -0.05) is 29.3 Å². The minimum atomic E-state index is -0.357. The van der Waals surface area contributed by atoms with Crippen molar-refractivity contribution >= 4 is 35.1 Å². The number of hydrogen-bond acceptors (Lipinski definition) is 3. The molecule has 1 aromatic rings. The van der Waals surface area contributed by atoms with Crippen molar-refractivity contribution in [2.45, 2.75) is 12.8 Å². The van der Waals surface area contributed by atoms with E-state index in [2.05, 4.69) is 10.1 Å². The van der Waals surface area contributed by atoms with Crippen LogP contribution in [0, 0.1) is 0 Å². The summed E-state index contributed by atoms with van der Waals surface area (Å²) in [4.78, 5) is 22.4. The quantitative estimate of drug-likeness (QED) is 0.846. The van der Waals surface area contributed by atoms with Gasteiger partial charge >= 0.3 is 5.97 Å². The molecule has 1 amide bonds. The van der Waals surface area contributed by atoms with Crippen LogP contribution in [0.5, 0.6) is 0 Å². The van der Waals surface area contributed by atoms with E-state index in [1.807, 2.05) is 0 Å². The molecule has 0 aliphatic heterocycles. The highest BCUT2D eigenvalue weighted by Crippen LogP contribution is 2.22. The number of carbonyl (C=O) groups excluding carboxylic acids is 2. The number of ether oxygens (including phenoxy) is 1. The van der Waals surface area contributed by atoms with E-state index in [0.717, 1.165) is 5.56 Å². The lowest BCUT2D eigenvalue weighted by molar-refractivity contribution is -0.140. The van der Waals surface area contributed by atoms with Crippen LogP contribution in [0.1, 0.15) is 12.0 Å². The Kier molecular flexibility index (Phi) is 5.95. The fourth-order valence-corrected chi connectivity index (χ4v) is 1.62. The van der Waals surface area contributed by atoms with Crippen molar-refractivity contribution in [3.63, 3.8) is 0 Å². The lowest BCUT2D eigenvalue weighted by atomic mass is 10.1. The summed E-state index contributed by atoms with van der Waals surface area (Å²) in [5, 5.41) is 3.48. The van der Waals surface area contributed by atoms with Gasteiger partial charge in [0.15, 0.2) is 0 Å². The highest BCUT2D eigenvalue weighted by molar-refractivity contribution is 6.42. The molecule has 0 spiro atoms. The summed E-state index contributed by atoms with van der Waals surface area (Å²) in [7, 11) is 1.31. The van der Waals surface area contributed by atoms with Crippen LogP contribution >= 0.6 is 23.2 Å². The maximum Gasteiger partial charge on any atom is 0.307 e. The van der Waals surface area contributed by atoms with Crippen molar-refractivity contribution in [3.8, 4) is 0 Å². The first-order valence-electron chi connectivity index (χ1n) is 5.30. The molecular weight excluding hydrogens is 277 g/mol. The second kappa shape index (κ2) is 7.24. The Hall–Kier alpha value is -1.26. The Balaban J connectivity index is 2.40. The number of benzene rings is 1. The van der Waals surface area contributed by atoms with E-state index in [4.69, 9.17) is 23.2 Å². The minimum Gasteiger partial charge on any atom is -0.469 e. The Morgan fingerprint density at radius 3 is 2.61 bits per heavy atom. The summed E-state index contributed by atoms with van der Waals surface area (Å²) in [6.45, 7) is 0.257. The Bertz CT molecular complexity index is 449. The SMILES string of the molecule is COC(=O)CCNC(=O)Cc1ccc(Cl)c(Cl)c1. The molecule has 1 rings (SSSR count). The zero-order chi connectivity index (χ0) is 13.5. The second-order valence-electron chi connectivity index (χ2n) is 3.60. The van der Waals surface area contributed by atoms with E-state index in [9.17, 15) is 9.59 Å². The number of hydrogen-bond donors (Lipinski definition) is 1. The maximum atomic E-state index is 11.5. The zero-order valence-electron chi connectivity index (χ0n) is 9.83. The fraction of sp³-hybridized carbons (Fsp3) is 0.333. The summed E-state index contributed by atoms with van der Waals surface area (Å²) in [6.07, 6.45) is 0.349. The summed E-state index contributed by atoms with van der Waals surface area (Å²) in [6, 6.07) is 5.01. The predicted octanol–water partition coefficient (Wildman–Crippen LogP) is 2.22. The normalized spacial score (nSPS) is 9.94. The average molecular weight is 290 g/mol. The Morgan fingerprint density at radius 2 is 2.00 bits per heavy atom. The lowest BCUT2D eigenvalue weighted by Gasteiger charge is -2.05. The van der Waals surface area contributed by atoms with Crippen LogP contribution < -0.4 is 5.32 Å². The van der Waals surface area contributed by atoms with Crippen molar-refractivity contribution in [1.82, 2.24) is 5.32 Å².